The van der Waals surface area contributed by atoms with Gasteiger partial charge in [0.15, 0.2) is 5.82 Å². The van der Waals surface area contributed by atoms with Crippen molar-refractivity contribution in [1.82, 2.24) is 15.1 Å². The first-order valence-corrected chi connectivity index (χ1v) is 9.63. The number of rotatable bonds is 3. The number of nitrogens with zero attached hydrogens (tertiary/aromatic N) is 4. The van der Waals surface area contributed by atoms with Crippen LogP contribution in [0.1, 0.15) is 0 Å². The van der Waals surface area contributed by atoms with Crippen molar-refractivity contribution in [3.63, 3.8) is 0 Å². The first-order valence-electron chi connectivity index (χ1n) is 9.25. The summed E-state index contributed by atoms with van der Waals surface area (Å²) >= 11 is 5.76. The third-order valence-corrected chi connectivity index (χ3v) is 5.07. The van der Waals surface area contributed by atoms with Crippen molar-refractivity contribution in [3.8, 4) is 11.3 Å². The number of urea groups is 1. The molecule has 148 valence electrons. The Labute approximate surface area is 172 Å². The molecule has 6 nitrogen and oxygen atoms in total. The molecule has 29 heavy (non-hydrogen) atoms. The fourth-order valence-corrected chi connectivity index (χ4v) is 3.35. The quantitative estimate of drug-likeness (QED) is 0.698. The standard InChI is InChI=1S/C21H19ClFN5O/c22-17-14-16(6-7-18(17)23)24-21(29)28-12-10-27(11-13-28)20-9-8-19(25-26-20)15-4-2-1-3-5-15/h1-9,14H,10-13H2,(H,24,29). The van der Waals surface area contributed by atoms with Crippen LogP contribution in [0.15, 0.2) is 60.7 Å². The lowest BCUT2D eigenvalue weighted by Gasteiger charge is -2.35. The van der Waals surface area contributed by atoms with E-state index in [1.54, 1.807) is 4.90 Å². The van der Waals surface area contributed by atoms with Gasteiger partial charge in [0.05, 0.1) is 10.7 Å². The first-order chi connectivity index (χ1) is 14.1. The number of anilines is 2. The number of nitrogens with one attached hydrogen (secondary N) is 1. The summed E-state index contributed by atoms with van der Waals surface area (Å²) in [5, 5.41) is 11.4. The predicted molar refractivity (Wildman–Crippen MR) is 112 cm³/mol. The fourth-order valence-electron chi connectivity index (χ4n) is 3.17. The van der Waals surface area contributed by atoms with Crippen molar-refractivity contribution >= 4 is 29.1 Å². The highest BCUT2D eigenvalue weighted by atomic mass is 35.5. The molecule has 0 atom stereocenters. The summed E-state index contributed by atoms with van der Waals surface area (Å²) in [7, 11) is 0. The Hall–Kier alpha value is -3.19. The van der Waals surface area contributed by atoms with Crippen LogP contribution in [0.25, 0.3) is 11.3 Å². The zero-order valence-corrected chi connectivity index (χ0v) is 16.3. The molecule has 4 rings (SSSR count). The molecule has 0 spiro atoms. The van der Waals surface area contributed by atoms with E-state index in [1.807, 2.05) is 42.5 Å². The molecule has 1 saturated heterocycles. The predicted octanol–water partition coefficient (Wildman–Crippen LogP) is 4.29. The van der Waals surface area contributed by atoms with Crippen LogP contribution in [0.3, 0.4) is 0 Å². The molecule has 0 saturated carbocycles. The zero-order chi connectivity index (χ0) is 20.2. The van der Waals surface area contributed by atoms with E-state index >= 15 is 0 Å². The highest BCUT2D eigenvalue weighted by Gasteiger charge is 2.22. The van der Waals surface area contributed by atoms with Crippen molar-refractivity contribution in [2.75, 3.05) is 36.4 Å². The van der Waals surface area contributed by atoms with Crippen LogP contribution in [-0.2, 0) is 0 Å². The molecule has 1 fully saturated rings. The van der Waals surface area contributed by atoms with Gasteiger partial charge in [-0.15, -0.1) is 10.2 Å². The van der Waals surface area contributed by atoms with E-state index in [0.717, 1.165) is 17.1 Å². The van der Waals surface area contributed by atoms with E-state index in [1.165, 1.54) is 18.2 Å². The van der Waals surface area contributed by atoms with Crippen LogP contribution in [0.5, 0.6) is 0 Å². The van der Waals surface area contributed by atoms with Gasteiger partial charge in [0.25, 0.3) is 0 Å². The molecule has 1 aliphatic rings. The average Bonchev–Trinajstić information content (AvgIpc) is 2.77. The SMILES string of the molecule is O=C(Nc1ccc(F)c(Cl)c1)N1CCN(c2ccc(-c3ccccc3)nn2)CC1. The van der Waals surface area contributed by atoms with E-state index in [4.69, 9.17) is 11.6 Å². The summed E-state index contributed by atoms with van der Waals surface area (Å²) in [6, 6.07) is 17.7. The number of hydrogen-bond acceptors (Lipinski definition) is 4. The van der Waals surface area contributed by atoms with E-state index in [2.05, 4.69) is 20.4 Å². The lowest BCUT2D eigenvalue weighted by atomic mass is 10.1. The van der Waals surface area contributed by atoms with Gasteiger partial charge < -0.3 is 15.1 Å². The molecule has 2 aromatic carbocycles. The third-order valence-electron chi connectivity index (χ3n) is 4.78. The third kappa shape index (κ3) is 4.46. The highest BCUT2D eigenvalue weighted by molar-refractivity contribution is 6.31. The Morgan fingerprint density at radius 1 is 0.966 bits per heavy atom. The van der Waals surface area contributed by atoms with Gasteiger partial charge in [-0.2, -0.15) is 0 Å². The van der Waals surface area contributed by atoms with Crippen LogP contribution in [0.2, 0.25) is 5.02 Å². The Balaban J connectivity index is 1.34. The first kappa shape index (κ1) is 19.1. The number of piperazine rings is 1. The van der Waals surface area contributed by atoms with Gasteiger partial charge in [-0.05, 0) is 30.3 Å². The molecular formula is C21H19ClFN5O. The number of hydrogen-bond donors (Lipinski definition) is 1. The van der Waals surface area contributed by atoms with Gasteiger partial charge in [-0.25, -0.2) is 9.18 Å². The molecule has 0 unspecified atom stereocenters. The molecule has 2 heterocycles. The van der Waals surface area contributed by atoms with Crippen molar-refractivity contribution in [1.29, 1.82) is 0 Å². The van der Waals surface area contributed by atoms with E-state index in [0.29, 0.717) is 31.9 Å². The van der Waals surface area contributed by atoms with Crippen LogP contribution >= 0.6 is 11.6 Å². The minimum absolute atomic E-state index is 0.0230. The van der Waals surface area contributed by atoms with Crippen LogP contribution < -0.4 is 10.2 Å². The number of aromatic nitrogens is 2. The van der Waals surface area contributed by atoms with Gasteiger partial charge in [0, 0.05) is 37.4 Å². The maximum atomic E-state index is 13.2. The minimum Gasteiger partial charge on any atom is -0.352 e. The van der Waals surface area contributed by atoms with Crippen LogP contribution in [0, 0.1) is 5.82 Å². The lowest BCUT2D eigenvalue weighted by molar-refractivity contribution is 0.208. The normalized spacial score (nSPS) is 14.0. The second-order valence-electron chi connectivity index (χ2n) is 6.68. The van der Waals surface area contributed by atoms with E-state index < -0.39 is 5.82 Å². The van der Waals surface area contributed by atoms with Crippen LogP contribution in [-0.4, -0.2) is 47.3 Å². The van der Waals surface area contributed by atoms with Gasteiger partial charge in [0.2, 0.25) is 0 Å². The Bertz CT molecular complexity index is 992. The topological polar surface area (TPSA) is 61.4 Å². The van der Waals surface area contributed by atoms with Crippen molar-refractivity contribution in [3.05, 3.63) is 71.5 Å². The average molecular weight is 412 g/mol. The Morgan fingerprint density at radius 2 is 1.72 bits per heavy atom. The number of carbonyl (C=O) groups is 1. The smallest absolute Gasteiger partial charge is 0.321 e. The summed E-state index contributed by atoms with van der Waals surface area (Å²) < 4.78 is 13.2. The molecule has 0 radical (unpaired) electrons. The highest BCUT2D eigenvalue weighted by Crippen LogP contribution is 2.21. The maximum absolute atomic E-state index is 13.2. The van der Waals surface area contributed by atoms with Gasteiger partial charge in [-0.1, -0.05) is 41.9 Å². The molecule has 1 aromatic heterocycles. The molecule has 2 amide bonds. The molecule has 0 aliphatic carbocycles. The zero-order valence-electron chi connectivity index (χ0n) is 15.6. The number of carbonyl (C=O) groups excluding carboxylic acids is 1. The number of halogens is 2. The second kappa shape index (κ2) is 8.45. The van der Waals surface area contributed by atoms with Gasteiger partial charge in [-0.3, -0.25) is 0 Å². The van der Waals surface area contributed by atoms with Crippen molar-refractivity contribution < 1.29 is 9.18 Å². The molecule has 0 bridgehead atoms. The van der Waals surface area contributed by atoms with Crippen molar-refractivity contribution in [2.45, 2.75) is 0 Å². The largest absolute Gasteiger partial charge is 0.352 e. The number of amides is 2. The Morgan fingerprint density at radius 3 is 2.38 bits per heavy atom. The molecule has 1 aliphatic heterocycles. The lowest BCUT2D eigenvalue weighted by Crippen LogP contribution is -2.50. The van der Waals surface area contributed by atoms with Gasteiger partial charge in [0.1, 0.15) is 5.82 Å². The molecule has 3 aromatic rings. The molecule has 8 heteroatoms. The Kier molecular flexibility index (Phi) is 5.57. The van der Waals surface area contributed by atoms with E-state index in [9.17, 15) is 9.18 Å². The molecule has 1 N–H and O–H groups in total. The number of benzene rings is 2. The van der Waals surface area contributed by atoms with E-state index in [-0.39, 0.29) is 11.1 Å². The summed E-state index contributed by atoms with van der Waals surface area (Å²) in [6.45, 7) is 2.39. The maximum Gasteiger partial charge on any atom is 0.321 e. The monoisotopic (exact) mass is 411 g/mol. The summed E-state index contributed by atoms with van der Waals surface area (Å²) in [4.78, 5) is 16.2. The summed E-state index contributed by atoms with van der Waals surface area (Å²) in [5.74, 6) is 0.271. The summed E-state index contributed by atoms with van der Waals surface area (Å²) in [5.41, 5.74) is 2.31. The fraction of sp³-hybridized carbons (Fsp3) is 0.190. The van der Waals surface area contributed by atoms with Crippen LogP contribution in [0.4, 0.5) is 20.7 Å². The van der Waals surface area contributed by atoms with Crippen molar-refractivity contribution in [2.24, 2.45) is 0 Å². The second-order valence-corrected chi connectivity index (χ2v) is 7.08. The van der Waals surface area contributed by atoms with Gasteiger partial charge >= 0.3 is 6.03 Å². The molecular weight excluding hydrogens is 393 g/mol. The summed E-state index contributed by atoms with van der Waals surface area (Å²) in [6.07, 6.45) is 0. The minimum atomic E-state index is -0.516.